The van der Waals surface area contributed by atoms with E-state index in [0.29, 0.717) is 11.5 Å². The molecule has 1 saturated heterocycles. The quantitative estimate of drug-likeness (QED) is 0.848. The van der Waals surface area contributed by atoms with Gasteiger partial charge in [0, 0.05) is 5.54 Å². The average molecular weight is 259 g/mol. The van der Waals surface area contributed by atoms with E-state index < -0.39 is 0 Å². The van der Waals surface area contributed by atoms with Crippen LogP contribution in [0.3, 0.4) is 0 Å². The molecule has 19 heavy (non-hydrogen) atoms. The Labute approximate surface area is 118 Å². The molecule has 0 aromatic heterocycles. The van der Waals surface area contributed by atoms with Crippen LogP contribution in [0.2, 0.25) is 0 Å². The minimum Gasteiger partial charge on any atom is -0.311 e. The van der Waals surface area contributed by atoms with Gasteiger partial charge in [-0.3, -0.25) is 0 Å². The predicted molar refractivity (Wildman–Crippen MR) is 83.7 cm³/mol. The largest absolute Gasteiger partial charge is 0.311 e. The number of aryl methyl sites for hydroxylation is 2. The van der Waals surface area contributed by atoms with Gasteiger partial charge >= 0.3 is 0 Å². The van der Waals surface area contributed by atoms with Crippen molar-refractivity contribution in [2.45, 2.75) is 65.3 Å². The van der Waals surface area contributed by atoms with E-state index in [2.05, 4.69) is 51.2 Å². The fraction of sp³-hybridized carbons (Fsp3) is 0.667. The summed E-state index contributed by atoms with van der Waals surface area (Å²) in [5, 5.41) is 3.89. The molecule has 1 nitrogen and oxygen atoms in total. The Kier molecular flexibility index (Phi) is 4.67. The Morgan fingerprint density at radius 1 is 1.16 bits per heavy atom. The van der Waals surface area contributed by atoms with Crippen LogP contribution >= 0.6 is 0 Å². The van der Waals surface area contributed by atoms with Crippen molar-refractivity contribution in [1.29, 1.82) is 0 Å². The Morgan fingerprint density at radius 2 is 1.95 bits per heavy atom. The summed E-state index contributed by atoms with van der Waals surface area (Å²) in [7, 11) is 0. The van der Waals surface area contributed by atoms with Crippen molar-refractivity contribution in [3.05, 3.63) is 34.9 Å². The van der Waals surface area contributed by atoms with Crippen LogP contribution in [0.4, 0.5) is 0 Å². The fourth-order valence-electron chi connectivity index (χ4n) is 3.35. The molecule has 1 aromatic carbocycles. The third-order valence-electron chi connectivity index (χ3n) is 4.89. The van der Waals surface area contributed by atoms with Crippen molar-refractivity contribution in [3.63, 3.8) is 0 Å². The molecule has 1 heteroatoms. The van der Waals surface area contributed by atoms with E-state index in [1.165, 1.54) is 55.3 Å². The standard InChI is InChI=1S/C18H29N/c1-14(2)18(10-6-5-7-11-19-18)13-17-12-15(3)8-9-16(17)4/h8-9,12,14,19H,5-7,10-11,13H2,1-4H3. The third kappa shape index (κ3) is 3.39. The Balaban J connectivity index is 2.27. The number of hydrogen-bond donors (Lipinski definition) is 1. The van der Waals surface area contributed by atoms with Crippen LogP contribution in [0.15, 0.2) is 18.2 Å². The van der Waals surface area contributed by atoms with Crippen LogP contribution in [-0.2, 0) is 6.42 Å². The Bertz CT molecular complexity index is 412. The predicted octanol–water partition coefficient (Wildman–Crippen LogP) is 4.40. The normalized spacial score (nSPS) is 24.5. The molecule has 0 saturated carbocycles. The van der Waals surface area contributed by atoms with Gasteiger partial charge in [-0.25, -0.2) is 0 Å². The number of hydrogen-bond acceptors (Lipinski definition) is 1. The lowest BCUT2D eigenvalue weighted by Gasteiger charge is -2.38. The van der Waals surface area contributed by atoms with Gasteiger partial charge in [-0.1, -0.05) is 50.5 Å². The van der Waals surface area contributed by atoms with Crippen molar-refractivity contribution in [1.82, 2.24) is 5.32 Å². The van der Waals surface area contributed by atoms with Gasteiger partial charge in [-0.15, -0.1) is 0 Å². The molecule has 1 fully saturated rings. The first-order chi connectivity index (χ1) is 9.03. The van der Waals surface area contributed by atoms with E-state index >= 15 is 0 Å². The molecule has 1 aliphatic rings. The molecule has 1 N–H and O–H groups in total. The summed E-state index contributed by atoms with van der Waals surface area (Å²) in [4.78, 5) is 0. The van der Waals surface area contributed by atoms with Crippen LogP contribution < -0.4 is 5.32 Å². The van der Waals surface area contributed by atoms with Gasteiger partial charge in [0.25, 0.3) is 0 Å². The summed E-state index contributed by atoms with van der Waals surface area (Å²) in [5.74, 6) is 0.686. The van der Waals surface area contributed by atoms with Crippen molar-refractivity contribution in [2.75, 3.05) is 6.54 Å². The van der Waals surface area contributed by atoms with Gasteiger partial charge in [0.15, 0.2) is 0 Å². The molecule has 1 heterocycles. The summed E-state index contributed by atoms with van der Waals surface area (Å²) < 4.78 is 0. The van der Waals surface area contributed by atoms with Crippen LogP contribution in [0.25, 0.3) is 0 Å². The number of rotatable bonds is 3. The summed E-state index contributed by atoms with van der Waals surface area (Å²) >= 11 is 0. The molecule has 0 radical (unpaired) electrons. The molecule has 1 aromatic rings. The monoisotopic (exact) mass is 259 g/mol. The summed E-state index contributed by atoms with van der Waals surface area (Å²) in [6, 6.07) is 6.88. The molecule has 0 amide bonds. The highest BCUT2D eigenvalue weighted by molar-refractivity contribution is 5.32. The van der Waals surface area contributed by atoms with Gasteiger partial charge in [0.2, 0.25) is 0 Å². The summed E-state index contributed by atoms with van der Waals surface area (Å²) in [5.41, 5.74) is 4.66. The first kappa shape index (κ1) is 14.6. The van der Waals surface area contributed by atoms with Crippen molar-refractivity contribution in [3.8, 4) is 0 Å². The highest BCUT2D eigenvalue weighted by Gasteiger charge is 2.34. The molecule has 1 atom stereocenters. The van der Waals surface area contributed by atoms with E-state index in [1.807, 2.05) is 0 Å². The number of benzene rings is 1. The van der Waals surface area contributed by atoms with Crippen LogP contribution in [-0.4, -0.2) is 12.1 Å². The lowest BCUT2D eigenvalue weighted by molar-refractivity contribution is 0.225. The highest BCUT2D eigenvalue weighted by Crippen LogP contribution is 2.31. The average Bonchev–Trinajstić information content (AvgIpc) is 2.60. The molecule has 106 valence electrons. The minimum absolute atomic E-state index is 0.301. The smallest absolute Gasteiger partial charge is 0.0244 e. The van der Waals surface area contributed by atoms with Gasteiger partial charge in [-0.05, 0) is 56.7 Å². The Hall–Kier alpha value is -0.820. The topological polar surface area (TPSA) is 12.0 Å². The molecule has 1 aliphatic heterocycles. The molecular weight excluding hydrogens is 230 g/mol. The zero-order valence-electron chi connectivity index (χ0n) is 13.1. The molecule has 0 spiro atoms. The number of nitrogens with one attached hydrogen (secondary N) is 1. The van der Waals surface area contributed by atoms with Crippen LogP contribution in [0, 0.1) is 19.8 Å². The fourth-order valence-corrected chi connectivity index (χ4v) is 3.35. The van der Waals surface area contributed by atoms with Gasteiger partial charge < -0.3 is 5.32 Å². The van der Waals surface area contributed by atoms with E-state index in [0.717, 1.165) is 0 Å². The SMILES string of the molecule is Cc1ccc(C)c(CC2(C(C)C)CCCCCN2)c1. The molecule has 0 bridgehead atoms. The van der Waals surface area contributed by atoms with Crippen molar-refractivity contribution in [2.24, 2.45) is 5.92 Å². The molecular formula is C18H29N. The first-order valence-electron chi connectivity index (χ1n) is 7.85. The van der Waals surface area contributed by atoms with Gasteiger partial charge in [0.05, 0.1) is 0 Å². The van der Waals surface area contributed by atoms with Crippen LogP contribution in [0.5, 0.6) is 0 Å². The van der Waals surface area contributed by atoms with Crippen molar-refractivity contribution < 1.29 is 0 Å². The summed E-state index contributed by atoms with van der Waals surface area (Å²) in [6.45, 7) is 10.4. The van der Waals surface area contributed by atoms with Crippen molar-refractivity contribution >= 4 is 0 Å². The highest BCUT2D eigenvalue weighted by atomic mass is 15.0. The zero-order chi connectivity index (χ0) is 13.9. The summed E-state index contributed by atoms with van der Waals surface area (Å²) in [6.07, 6.45) is 6.59. The first-order valence-corrected chi connectivity index (χ1v) is 7.85. The molecule has 1 unspecified atom stereocenters. The minimum atomic E-state index is 0.301. The van der Waals surface area contributed by atoms with Crippen LogP contribution in [0.1, 0.15) is 56.2 Å². The maximum atomic E-state index is 3.89. The maximum absolute atomic E-state index is 3.89. The lowest BCUT2D eigenvalue weighted by Crippen LogP contribution is -2.51. The second kappa shape index (κ2) is 6.09. The van der Waals surface area contributed by atoms with E-state index in [4.69, 9.17) is 0 Å². The lowest BCUT2D eigenvalue weighted by atomic mass is 9.76. The Morgan fingerprint density at radius 3 is 2.68 bits per heavy atom. The zero-order valence-corrected chi connectivity index (χ0v) is 13.1. The van der Waals surface area contributed by atoms with Gasteiger partial charge in [-0.2, -0.15) is 0 Å². The van der Waals surface area contributed by atoms with E-state index in [1.54, 1.807) is 0 Å². The maximum Gasteiger partial charge on any atom is 0.0244 e. The van der Waals surface area contributed by atoms with E-state index in [9.17, 15) is 0 Å². The second-order valence-corrected chi connectivity index (χ2v) is 6.65. The third-order valence-corrected chi connectivity index (χ3v) is 4.89. The molecule has 0 aliphatic carbocycles. The van der Waals surface area contributed by atoms with Gasteiger partial charge in [0.1, 0.15) is 0 Å². The second-order valence-electron chi connectivity index (χ2n) is 6.65. The molecule has 2 rings (SSSR count). The van der Waals surface area contributed by atoms with E-state index in [-0.39, 0.29) is 0 Å².